The summed E-state index contributed by atoms with van der Waals surface area (Å²) in [6.07, 6.45) is 7.83. The molecule has 4 rings (SSSR count). The molecule has 3 aromatic rings. The number of benzene rings is 3. The number of hydrogen-bond acceptors (Lipinski definition) is 2. The van der Waals surface area contributed by atoms with E-state index < -0.39 is 11.6 Å². The monoisotopic (exact) mass is 494 g/mol. The van der Waals surface area contributed by atoms with Crippen molar-refractivity contribution in [3.05, 3.63) is 95.3 Å². The summed E-state index contributed by atoms with van der Waals surface area (Å²) >= 11 is 0. The van der Waals surface area contributed by atoms with E-state index in [9.17, 15) is 8.78 Å². The third kappa shape index (κ3) is 6.08. The minimum atomic E-state index is -0.840. The fraction of sp³-hybridized carbons (Fsp3) is 0.355. The lowest BCUT2D eigenvalue weighted by Crippen LogP contribution is -2.30. The van der Waals surface area contributed by atoms with Crippen LogP contribution in [0.3, 0.4) is 0 Å². The van der Waals surface area contributed by atoms with Crippen molar-refractivity contribution in [2.24, 2.45) is 0 Å². The Hall–Kier alpha value is -2.89. The Morgan fingerprint density at radius 1 is 0.861 bits per heavy atom. The quantitative estimate of drug-likeness (QED) is 0.277. The lowest BCUT2D eigenvalue weighted by atomic mass is 9.94. The van der Waals surface area contributed by atoms with Crippen molar-refractivity contribution < 1.29 is 22.6 Å². The molecule has 2 nitrogen and oxygen atoms in total. The number of allylic oxidation sites excluding steroid dienone is 2. The van der Waals surface area contributed by atoms with E-state index >= 15 is 4.39 Å². The van der Waals surface area contributed by atoms with Gasteiger partial charge in [-0.15, -0.1) is 0 Å². The van der Waals surface area contributed by atoms with Crippen molar-refractivity contribution in [3.63, 3.8) is 0 Å². The SMILES string of the molecule is C/C=C/CCC1OCC(c2ccc(-c3ccc(-c4ccc(CCCC)c(F)c4F)cc3)c(F)c2)CO1. The second kappa shape index (κ2) is 12.4. The molecule has 0 aliphatic carbocycles. The van der Waals surface area contributed by atoms with Gasteiger partial charge in [0, 0.05) is 23.5 Å². The van der Waals surface area contributed by atoms with Gasteiger partial charge in [0.25, 0.3) is 0 Å². The van der Waals surface area contributed by atoms with Gasteiger partial charge in [-0.1, -0.05) is 74.0 Å². The first-order valence-corrected chi connectivity index (χ1v) is 12.7. The van der Waals surface area contributed by atoms with Gasteiger partial charge in [-0.05, 0) is 54.5 Å². The van der Waals surface area contributed by atoms with Crippen molar-refractivity contribution in [3.8, 4) is 22.3 Å². The molecule has 3 aromatic carbocycles. The van der Waals surface area contributed by atoms with Crippen LogP contribution < -0.4 is 0 Å². The molecule has 1 aliphatic rings. The van der Waals surface area contributed by atoms with E-state index in [0.29, 0.717) is 41.9 Å². The summed E-state index contributed by atoms with van der Waals surface area (Å²) in [7, 11) is 0. The van der Waals surface area contributed by atoms with Crippen LogP contribution in [0.2, 0.25) is 0 Å². The van der Waals surface area contributed by atoms with Gasteiger partial charge in [-0.2, -0.15) is 0 Å². The van der Waals surface area contributed by atoms with Gasteiger partial charge in [0.15, 0.2) is 17.9 Å². The van der Waals surface area contributed by atoms with Crippen LogP contribution in [0.1, 0.15) is 56.6 Å². The average Bonchev–Trinajstić information content (AvgIpc) is 2.90. The van der Waals surface area contributed by atoms with E-state index in [1.165, 1.54) is 6.07 Å². The zero-order chi connectivity index (χ0) is 25.5. The summed E-state index contributed by atoms with van der Waals surface area (Å²) in [5.74, 6) is -1.99. The summed E-state index contributed by atoms with van der Waals surface area (Å²) in [4.78, 5) is 0. The van der Waals surface area contributed by atoms with Crippen LogP contribution in [0.5, 0.6) is 0 Å². The summed E-state index contributed by atoms with van der Waals surface area (Å²) in [6, 6.07) is 15.3. The van der Waals surface area contributed by atoms with Gasteiger partial charge in [0.2, 0.25) is 0 Å². The molecule has 0 spiro atoms. The molecule has 0 atom stereocenters. The van der Waals surface area contributed by atoms with Gasteiger partial charge in [-0.3, -0.25) is 0 Å². The van der Waals surface area contributed by atoms with E-state index in [1.807, 2.05) is 26.0 Å². The minimum Gasteiger partial charge on any atom is -0.352 e. The molecule has 0 saturated carbocycles. The molecule has 36 heavy (non-hydrogen) atoms. The van der Waals surface area contributed by atoms with Gasteiger partial charge < -0.3 is 9.47 Å². The highest BCUT2D eigenvalue weighted by atomic mass is 19.2. The molecule has 1 fully saturated rings. The van der Waals surface area contributed by atoms with Crippen LogP contribution in [-0.2, 0) is 15.9 Å². The molecule has 0 aromatic heterocycles. The number of ether oxygens (including phenoxy) is 2. The zero-order valence-electron chi connectivity index (χ0n) is 20.9. The van der Waals surface area contributed by atoms with Crippen LogP contribution in [0.25, 0.3) is 22.3 Å². The van der Waals surface area contributed by atoms with E-state index in [4.69, 9.17) is 9.47 Å². The zero-order valence-corrected chi connectivity index (χ0v) is 20.9. The molecular weight excluding hydrogens is 461 g/mol. The molecule has 1 heterocycles. The van der Waals surface area contributed by atoms with Gasteiger partial charge >= 0.3 is 0 Å². The summed E-state index contributed by atoms with van der Waals surface area (Å²) in [5, 5.41) is 0. The number of unbranched alkanes of at least 4 members (excludes halogenated alkanes) is 1. The molecular formula is C31H33F3O2. The van der Waals surface area contributed by atoms with Crippen LogP contribution in [0.4, 0.5) is 13.2 Å². The van der Waals surface area contributed by atoms with Crippen molar-refractivity contribution in [2.45, 2.75) is 58.2 Å². The summed E-state index contributed by atoms with van der Waals surface area (Å²) in [6.45, 7) is 4.99. The molecule has 5 heteroatoms. The van der Waals surface area contributed by atoms with E-state index in [2.05, 4.69) is 6.08 Å². The van der Waals surface area contributed by atoms with E-state index in [0.717, 1.165) is 31.2 Å². The standard InChI is InChI=1S/C31H33F3O2/c1-3-5-7-9-29-35-19-25(20-36-29)24-15-16-26(28(32)18-24)21-10-12-22(13-11-21)27-17-14-23(8-6-4-2)30(33)31(27)34/h3,5,10-18,25,29H,4,6-9,19-20H2,1-2H3/b5-3+. The number of rotatable bonds is 9. The fourth-order valence-corrected chi connectivity index (χ4v) is 4.52. The van der Waals surface area contributed by atoms with E-state index in [-0.39, 0.29) is 23.6 Å². The highest BCUT2D eigenvalue weighted by molar-refractivity contribution is 5.71. The first-order chi connectivity index (χ1) is 17.5. The smallest absolute Gasteiger partial charge is 0.166 e. The number of halogens is 3. The van der Waals surface area contributed by atoms with E-state index in [1.54, 1.807) is 42.5 Å². The Bertz CT molecular complexity index is 1180. The number of hydrogen-bond donors (Lipinski definition) is 0. The lowest BCUT2D eigenvalue weighted by Gasteiger charge is -2.29. The molecule has 0 N–H and O–H groups in total. The third-order valence-corrected chi connectivity index (χ3v) is 6.70. The van der Waals surface area contributed by atoms with Gasteiger partial charge in [-0.25, -0.2) is 13.2 Å². The Morgan fingerprint density at radius 3 is 2.17 bits per heavy atom. The Kier molecular flexibility index (Phi) is 9.00. The second-order valence-corrected chi connectivity index (χ2v) is 9.26. The van der Waals surface area contributed by atoms with Crippen LogP contribution in [0.15, 0.2) is 66.7 Å². The predicted octanol–water partition coefficient (Wildman–Crippen LogP) is 8.59. The summed E-state index contributed by atoms with van der Waals surface area (Å²) < 4.78 is 55.9. The second-order valence-electron chi connectivity index (χ2n) is 9.26. The maximum absolute atomic E-state index is 15.1. The molecule has 1 aliphatic heterocycles. The molecule has 0 bridgehead atoms. The maximum atomic E-state index is 15.1. The van der Waals surface area contributed by atoms with Crippen LogP contribution in [0, 0.1) is 17.5 Å². The Morgan fingerprint density at radius 2 is 1.53 bits per heavy atom. The normalized spacial score (nSPS) is 18.1. The Balaban J connectivity index is 1.45. The topological polar surface area (TPSA) is 18.5 Å². The maximum Gasteiger partial charge on any atom is 0.166 e. The molecule has 0 radical (unpaired) electrons. The highest BCUT2D eigenvalue weighted by Gasteiger charge is 2.24. The first-order valence-electron chi connectivity index (χ1n) is 12.7. The predicted molar refractivity (Wildman–Crippen MR) is 138 cm³/mol. The molecule has 0 amide bonds. The average molecular weight is 495 g/mol. The largest absolute Gasteiger partial charge is 0.352 e. The van der Waals surface area contributed by atoms with Crippen LogP contribution in [-0.4, -0.2) is 19.5 Å². The minimum absolute atomic E-state index is 0.0212. The molecule has 190 valence electrons. The van der Waals surface area contributed by atoms with Crippen LogP contribution >= 0.6 is 0 Å². The lowest BCUT2D eigenvalue weighted by molar-refractivity contribution is -0.189. The summed E-state index contributed by atoms with van der Waals surface area (Å²) in [5.41, 5.74) is 3.11. The molecule has 1 saturated heterocycles. The van der Waals surface area contributed by atoms with Gasteiger partial charge in [0.1, 0.15) is 5.82 Å². The van der Waals surface area contributed by atoms with Crippen molar-refractivity contribution in [2.75, 3.05) is 13.2 Å². The Labute approximate surface area is 211 Å². The van der Waals surface area contributed by atoms with Gasteiger partial charge in [0.05, 0.1) is 13.2 Å². The third-order valence-electron chi connectivity index (χ3n) is 6.70. The van der Waals surface area contributed by atoms with Crippen molar-refractivity contribution in [1.29, 1.82) is 0 Å². The van der Waals surface area contributed by atoms with Crippen molar-refractivity contribution in [1.82, 2.24) is 0 Å². The fourth-order valence-electron chi connectivity index (χ4n) is 4.52. The highest BCUT2D eigenvalue weighted by Crippen LogP contribution is 2.32. The number of aryl methyl sites for hydroxylation is 1. The van der Waals surface area contributed by atoms with Crippen molar-refractivity contribution >= 4 is 0 Å². The first kappa shape index (κ1) is 26.2. The molecule has 0 unspecified atom stereocenters.